The summed E-state index contributed by atoms with van der Waals surface area (Å²) in [5, 5.41) is 17.4. The molecule has 0 saturated carbocycles. The zero-order valence-electron chi connectivity index (χ0n) is 25.3. The van der Waals surface area contributed by atoms with E-state index in [1.165, 1.54) is 5.56 Å². The number of rotatable bonds is 6. The maximum Gasteiger partial charge on any atom is 0.337 e. The number of benzene rings is 3. The largest absolute Gasteiger partial charge is 0.479 e. The van der Waals surface area contributed by atoms with E-state index in [0.29, 0.717) is 10.6 Å². The van der Waals surface area contributed by atoms with E-state index in [1.54, 1.807) is 11.3 Å². The molecule has 1 fully saturated rings. The summed E-state index contributed by atoms with van der Waals surface area (Å²) in [6.45, 7) is 10.1. The van der Waals surface area contributed by atoms with Crippen molar-refractivity contribution in [1.82, 2.24) is 19.7 Å². The molecule has 0 unspecified atom stereocenters. The van der Waals surface area contributed by atoms with E-state index in [2.05, 4.69) is 40.1 Å². The molecule has 0 bridgehead atoms. The van der Waals surface area contributed by atoms with Crippen LogP contribution in [-0.2, 0) is 16.6 Å². The van der Waals surface area contributed by atoms with Gasteiger partial charge in [-0.05, 0) is 81.8 Å². The van der Waals surface area contributed by atoms with Crippen molar-refractivity contribution in [3.05, 3.63) is 76.4 Å². The lowest BCUT2D eigenvalue weighted by Crippen LogP contribution is -2.46. The summed E-state index contributed by atoms with van der Waals surface area (Å²) in [5.41, 5.74) is 5.74. The fourth-order valence-electron chi connectivity index (χ4n) is 5.96. The Kier molecular flexibility index (Phi) is 7.71. The van der Waals surface area contributed by atoms with Gasteiger partial charge in [0.05, 0.1) is 33.6 Å². The molecule has 224 valence electrons. The lowest BCUT2D eigenvalue weighted by atomic mass is 9.91. The Morgan fingerprint density at radius 1 is 1.12 bits per heavy atom. The van der Waals surface area contributed by atoms with Crippen molar-refractivity contribution in [2.45, 2.75) is 45.4 Å². The maximum absolute atomic E-state index is 12.7. The number of aliphatic carboxylic acids is 1. The van der Waals surface area contributed by atoms with E-state index in [1.807, 2.05) is 76.0 Å². The SMILES string of the molecule is Cc1cc2nc(N3CCN(C)[C@@H](c4ccc5c(cnn5C)c4)C3)sc2c(-c2ccc(Cl)cc2)c1[C@H](OC(C)(C)C)C(=O)O. The van der Waals surface area contributed by atoms with Crippen LogP contribution in [0.1, 0.15) is 49.6 Å². The van der Waals surface area contributed by atoms with Crippen molar-refractivity contribution in [2.75, 3.05) is 31.6 Å². The predicted octanol–water partition coefficient (Wildman–Crippen LogP) is 7.25. The van der Waals surface area contributed by atoms with E-state index >= 15 is 0 Å². The summed E-state index contributed by atoms with van der Waals surface area (Å²) in [4.78, 5) is 22.5. The number of ether oxygens (including phenoxy) is 1. The van der Waals surface area contributed by atoms with Crippen molar-refractivity contribution in [3.63, 3.8) is 0 Å². The average molecular weight is 618 g/mol. The van der Waals surface area contributed by atoms with Crippen molar-refractivity contribution in [2.24, 2.45) is 7.05 Å². The zero-order valence-corrected chi connectivity index (χ0v) is 26.8. The van der Waals surface area contributed by atoms with Gasteiger partial charge in [-0.25, -0.2) is 9.78 Å². The molecular formula is C33H36ClN5O3S. The third-order valence-electron chi connectivity index (χ3n) is 8.08. The summed E-state index contributed by atoms with van der Waals surface area (Å²) < 4.78 is 9.00. The first-order valence-electron chi connectivity index (χ1n) is 14.4. The highest BCUT2D eigenvalue weighted by molar-refractivity contribution is 7.22. The first-order valence-corrected chi connectivity index (χ1v) is 15.6. The monoisotopic (exact) mass is 617 g/mol. The van der Waals surface area contributed by atoms with Gasteiger partial charge in [-0.2, -0.15) is 5.10 Å². The van der Waals surface area contributed by atoms with Crippen molar-refractivity contribution in [1.29, 1.82) is 0 Å². The zero-order chi connectivity index (χ0) is 30.6. The number of halogens is 1. The third-order valence-corrected chi connectivity index (χ3v) is 9.48. The number of hydrogen-bond acceptors (Lipinski definition) is 7. The van der Waals surface area contributed by atoms with Gasteiger partial charge in [-0.3, -0.25) is 9.58 Å². The van der Waals surface area contributed by atoms with Crippen LogP contribution < -0.4 is 4.90 Å². The second-order valence-corrected chi connectivity index (χ2v) is 13.7. The first-order chi connectivity index (χ1) is 20.4. The minimum atomic E-state index is -1.14. The van der Waals surface area contributed by atoms with Crippen LogP contribution in [0.15, 0.2) is 54.7 Å². The van der Waals surface area contributed by atoms with Gasteiger partial charge >= 0.3 is 5.97 Å². The fourth-order valence-corrected chi connectivity index (χ4v) is 7.25. The molecule has 0 aliphatic carbocycles. The molecule has 5 aromatic rings. The molecule has 10 heteroatoms. The van der Waals surface area contributed by atoms with E-state index < -0.39 is 17.7 Å². The molecule has 0 amide bonds. The third kappa shape index (κ3) is 5.74. The van der Waals surface area contributed by atoms with Crippen LogP contribution >= 0.6 is 22.9 Å². The summed E-state index contributed by atoms with van der Waals surface area (Å²) in [7, 11) is 4.13. The number of hydrogen-bond donors (Lipinski definition) is 1. The van der Waals surface area contributed by atoms with Gasteiger partial charge < -0.3 is 14.7 Å². The van der Waals surface area contributed by atoms with Gasteiger partial charge in [0.25, 0.3) is 0 Å². The van der Waals surface area contributed by atoms with Crippen LogP contribution in [0.2, 0.25) is 5.02 Å². The standard InChI is InChI=1S/C33H36ClN5O3S/c1-19-15-24-30(28(20-7-10-23(34)11-8-20)27(19)29(31(40)41)42-33(2,3)4)43-32(36-24)39-14-13-37(5)26(18-39)21-9-12-25-22(16-21)17-35-38(25)6/h7-12,15-17,26,29H,13-14,18H2,1-6H3,(H,40,41)/t26-,29+/m1/s1. The molecule has 0 spiro atoms. The smallest absolute Gasteiger partial charge is 0.337 e. The Morgan fingerprint density at radius 2 is 1.86 bits per heavy atom. The number of anilines is 1. The molecule has 1 N–H and O–H groups in total. The summed E-state index contributed by atoms with van der Waals surface area (Å²) in [5.74, 6) is -1.02. The minimum Gasteiger partial charge on any atom is -0.479 e. The lowest BCUT2D eigenvalue weighted by Gasteiger charge is -2.39. The molecule has 6 rings (SSSR count). The van der Waals surface area contributed by atoms with E-state index in [4.69, 9.17) is 21.3 Å². The van der Waals surface area contributed by atoms with Crippen molar-refractivity contribution in [3.8, 4) is 11.1 Å². The summed E-state index contributed by atoms with van der Waals surface area (Å²) >= 11 is 7.86. The van der Waals surface area contributed by atoms with Crippen LogP contribution in [0.25, 0.3) is 32.2 Å². The molecule has 1 aliphatic heterocycles. The molecule has 1 saturated heterocycles. The Morgan fingerprint density at radius 3 is 2.56 bits per heavy atom. The van der Waals surface area contributed by atoms with Gasteiger partial charge in [-0.15, -0.1) is 0 Å². The van der Waals surface area contributed by atoms with Crippen LogP contribution in [0.3, 0.4) is 0 Å². The van der Waals surface area contributed by atoms with E-state index in [0.717, 1.165) is 62.6 Å². The topological polar surface area (TPSA) is 83.7 Å². The molecule has 2 aromatic heterocycles. The number of thiazole rings is 1. The Balaban J connectivity index is 1.45. The highest BCUT2D eigenvalue weighted by Gasteiger charge is 2.33. The predicted molar refractivity (Wildman–Crippen MR) is 174 cm³/mol. The first kappa shape index (κ1) is 29.6. The number of likely N-dealkylation sites (N-methyl/N-ethyl adjacent to an activating group) is 1. The normalized spacial score (nSPS) is 17.2. The Bertz CT molecular complexity index is 1820. The second kappa shape index (κ2) is 11.2. The summed E-state index contributed by atoms with van der Waals surface area (Å²) in [6.07, 6.45) is 0.773. The van der Waals surface area contributed by atoms with E-state index in [-0.39, 0.29) is 6.04 Å². The molecule has 2 atom stereocenters. The minimum absolute atomic E-state index is 0.190. The van der Waals surface area contributed by atoms with Gasteiger partial charge in [0.15, 0.2) is 11.2 Å². The Labute approximate surface area is 260 Å². The molecule has 3 heterocycles. The Hall–Kier alpha value is -3.50. The number of carboxylic acid groups (broad SMARTS) is 1. The van der Waals surface area contributed by atoms with Crippen molar-refractivity contribution >= 4 is 55.2 Å². The van der Waals surface area contributed by atoms with Crippen molar-refractivity contribution < 1.29 is 14.6 Å². The number of fused-ring (bicyclic) bond motifs is 2. The molecule has 3 aromatic carbocycles. The molecule has 0 radical (unpaired) electrons. The van der Waals surface area contributed by atoms with Crippen LogP contribution in [-0.4, -0.2) is 63.0 Å². The summed E-state index contributed by atoms with van der Waals surface area (Å²) in [6, 6.07) is 16.3. The number of aryl methyl sites for hydroxylation is 2. The quantitative estimate of drug-likeness (QED) is 0.215. The average Bonchev–Trinajstić information content (AvgIpc) is 3.54. The van der Waals surface area contributed by atoms with Gasteiger partial charge in [0.1, 0.15) is 0 Å². The highest BCUT2D eigenvalue weighted by atomic mass is 35.5. The second-order valence-electron chi connectivity index (χ2n) is 12.3. The number of carboxylic acids is 1. The molecular weight excluding hydrogens is 582 g/mol. The number of nitrogens with zero attached hydrogens (tertiary/aromatic N) is 5. The van der Waals surface area contributed by atoms with Crippen LogP contribution in [0.5, 0.6) is 0 Å². The van der Waals surface area contributed by atoms with Gasteiger partial charge in [0.2, 0.25) is 0 Å². The fraction of sp³-hybridized carbons (Fsp3) is 0.364. The highest BCUT2D eigenvalue weighted by Crippen LogP contribution is 2.45. The van der Waals surface area contributed by atoms with E-state index in [9.17, 15) is 9.90 Å². The molecule has 8 nitrogen and oxygen atoms in total. The van der Waals surface area contributed by atoms with Crippen LogP contribution in [0, 0.1) is 6.92 Å². The number of piperazine rings is 1. The lowest BCUT2D eigenvalue weighted by molar-refractivity contribution is -0.160. The maximum atomic E-state index is 12.7. The number of carbonyl (C=O) groups is 1. The van der Waals surface area contributed by atoms with Gasteiger partial charge in [0, 0.05) is 48.2 Å². The molecule has 1 aliphatic rings. The number of aromatic nitrogens is 3. The van der Waals surface area contributed by atoms with Crippen LogP contribution in [0.4, 0.5) is 5.13 Å². The van der Waals surface area contributed by atoms with Gasteiger partial charge in [-0.1, -0.05) is 41.1 Å². The molecule has 43 heavy (non-hydrogen) atoms.